The summed E-state index contributed by atoms with van der Waals surface area (Å²) >= 11 is 0.0214. The fraction of sp³-hybridized carbons (Fsp3) is 0.600. The van der Waals surface area contributed by atoms with Crippen molar-refractivity contribution in [1.29, 1.82) is 0 Å². The van der Waals surface area contributed by atoms with Crippen molar-refractivity contribution in [2.45, 2.75) is 38.2 Å². The fourth-order valence-electron chi connectivity index (χ4n) is 1.97. The lowest BCUT2D eigenvalue weighted by atomic mass is 9.96. The first kappa shape index (κ1) is 18.3. The second-order valence-electron chi connectivity index (χ2n) is 5.34. The van der Waals surface area contributed by atoms with Gasteiger partial charge in [0.25, 0.3) is 0 Å². The molecule has 0 fully saturated rings. The first-order valence-corrected chi connectivity index (χ1v) is 7.93. The zero-order chi connectivity index (χ0) is 15.9. The summed E-state index contributed by atoms with van der Waals surface area (Å²) in [6.07, 6.45) is 1.12. The largest absolute Gasteiger partial charge is 0.441 e. The van der Waals surface area contributed by atoms with E-state index in [0.29, 0.717) is 19.4 Å². The minimum absolute atomic E-state index is 0.0214. The zero-order valence-electron chi connectivity index (χ0n) is 12.2. The van der Waals surface area contributed by atoms with Crippen molar-refractivity contribution in [3.05, 3.63) is 35.6 Å². The molecule has 120 valence electrons. The van der Waals surface area contributed by atoms with E-state index in [4.69, 9.17) is 0 Å². The Bertz CT molecular complexity index is 403. The van der Waals surface area contributed by atoms with Crippen LogP contribution < -0.4 is 5.32 Å². The molecule has 1 unspecified atom stereocenters. The van der Waals surface area contributed by atoms with Crippen molar-refractivity contribution in [2.24, 2.45) is 5.92 Å². The molecule has 0 amide bonds. The van der Waals surface area contributed by atoms with Crippen molar-refractivity contribution in [1.82, 2.24) is 5.32 Å². The zero-order valence-corrected chi connectivity index (χ0v) is 13.0. The maximum atomic E-state index is 12.9. The molecule has 1 rings (SSSR count). The standard InChI is InChI=1S/C15H21F4NS/c1-11(2)20-10-13(7-8-21-15(17,18)19)9-12-3-5-14(16)6-4-12/h3-6,11,13,20H,7-10H2,1-2H3. The van der Waals surface area contributed by atoms with Gasteiger partial charge in [-0.25, -0.2) is 4.39 Å². The van der Waals surface area contributed by atoms with E-state index in [2.05, 4.69) is 5.32 Å². The van der Waals surface area contributed by atoms with Gasteiger partial charge in [0, 0.05) is 11.8 Å². The van der Waals surface area contributed by atoms with E-state index >= 15 is 0 Å². The first-order valence-electron chi connectivity index (χ1n) is 6.95. The maximum absolute atomic E-state index is 12.9. The molecule has 0 aliphatic rings. The number of nitrogens with one attached hydrogen (secondary N) is 1. The normalized spacial score (nSPS) is 13.7. The van der Waals surface area contributed by atoms with E-state index in [1.54, 1.807) is 12.1 Å². The SMILES string of the molecule is CC(C)NCC(CCSC(F)(F)F)Cc1ccc(F)cc1. The molecule has 21 heavy (non-hydrogen) atoms. The Morgan fingerprint density at radius 3 is 2.29 bits per heavy atom. The molecule has 0 aromatic heterocycles. The van der Waals surface area contributed by atoms with Gasteiger partial charge in [-0.1, -0.05) is 37.7 Å². The predicted molar refractivity (Wildman–Crippen MR) is 79.9 cm³/mol. The van der Waals surface area contributed by atoms with Gasteiger partial charge < -0.3 is 5.32 Å². The molecule has 6 heteroatoms. The minimum Gasteiger partial charge on any atom is -0.314 e. The van der Waals surface area contributed by atoms with Gasteiger partial charge >= 0.3 is 5.51 Å². The summed E-state index contributed by atoms with van der Waals surface area (Å²) in [7, 11) is 0. The molecule has 0 bridgehead atoms. The monoisotopic (exact) mass is 323 g/mol. The second kappa shape index (κ2) is 8.63. The Morgan fingerprint density at radius 1 is 1.14 bits per heavy atom. The van der Waals surface area contributed by atoms with Crippen LogP contribution in [-0.4, -0.2) is 23.8 Å². The van der Waals surface area contributed by atoms with E-state index in [9.17, 15) is 17.6 Å². The van der Waals surface area contributed by atoms with E-state index in [1.165, 1.54) is 12.1 Å². The van der Waals surface area contributed by atoms with Gasteiger partial charge in [0.2, 0.25) is 0 Å². The molecule has 0 spiro atoms. The highest BCUT2D eigenvalue weighted by molar-refractivity contribution is 8.00. The van der Waals surface area contributed by atoms with Gasteiger partial charge in [0.1, 0.15) is 5.82 Å². The fourth-order valence-corrected chi connectivity index (χ4v) is 2.66. The van der Waals surface area contributed by atoms with Crippen LogP contribution >= 0.6 is 11.8 Å². The molecule has 0 aliphatic carbocycles. The highest BCUT2D eigenvalue weighted by Gasteiger charge is 2.28. The molecule has 1 aromatic rings. The van der Waals surface area contributed by atoms with Gasteiger partial charge in [-0.2, -0.15) is 13.2 Å². The molecule has 0 radical (unpaired) electrons. The van der Waals surface area contributed by atoms with Crippen molar-refractivity contribution in [3.8, 4) is 0 Å². The Balaban J connectivity index is 2.52. The van der Waals surface area contributed by atoms with E-state index < -0.39 is 5.51 Å². The highest BCUT2D eigenvalue weighted by Crippen LogP contribution is 2.31. The molecular weight excluding hydrogens is 302 g/mol. The third kappa shape index (κ3) is 8.98. The minimum atomic E-state index is -4.17. The molecule has 1 nitrogen and oxygen atoms in total. The van der Waals surface area contributed by atoms with Crippen LogP contribution in [0.4, 0.5) is 17.6 Å². The lowest BCUT2D eigenvalue weighted by molar-refractivity contribution is -0.0328. The van der Waals surface area contributed by atoms with Crippen LogP contribution in [0, 0.1) is 11.7 Å². The average molecular weight is 323 g/mol. The molecular formula is C15H21F4NS. The smallest absolute Gasteiger partial charge is 0.314 e. The van der Waals surface area contributed by atoms with Crippen molar-refractivity contribution in [3.63, 3.8) is 0 Å². The van der Waals surface area contributed by atoms with Crippen molar-refractivity contribution < 1.29 is 17.6 Å². The molecule has 1 N–H and O–H groups in total. The van der Waals surface area contributed by atoms with E-state index in [1.807, 2.05) is 13.8 Å². The lowest BCUT2D eigenvalue weighted by Gasteiger charge is -2.19. The summed E-state index contributed by atoms with van der Waals surface area (Å²) in [6.45, 7) is 4.66. The third-order valence-corrected chi connectivity index (χ3v) is 3.81. The van der Waals surface area contributed by atoms with Crippen molar-refractivity contribution >= 4 is 11.8 Å². The Labute approximate surface area is 127 Å². The van der Waals surface area contributed by atoms with Gasteiger partial charge in [-0.3, -0.25) is 0 Å². The highest BCUT2D eigenvalue weighted by atomic mass is 32.2. The number of thioether (sulfide) groups is 1. The van der Waals surface area contributed by atoms with Crippen LogP contribution in [0.1, 0.15) is 25.8 Å². The van der Waals surface area contributed by atoms with Gasteiger partial charge in [0.05, 0.1) is 0 Å². The van der Waals surface area contributed by atoms with Gasteiger partial charge in [0.15, 0.2) is 0 Å². The van der Waals surface area contributed by atoms with Crippen LogP contribution in [0.3, 0.4) is 0 Å². The topological polar surface area (TPSA) is 12.0 Å². The molecule has 1 aromatic carbocycles. The summed E-state index contributed by atoms with van der Waals surface area (Å²) in [5.41, 5.74) is -3.23. The molecule has 0 heterocycles. The quantitative estimate of drug-likeness (QED) is 0.700. The number of hydrogen-bond acceptors (Lipinski definition) is 2. The Morgan fingerprint density at radius 2 is 1.76 bits per heavy atom. The molecule has 0 saturated heterocycles. The number of hydrogen-bond donors (Lipinski definition) is 1. The van der Waals surface area contributed by atoms with Crippen molar-refractivity contribution in [2.75, 3.05) is 12.3 Å². The number of benzene rings is 1. The Hall–Kier alpha value is -0.750. The van der Waals surface area contributed by atoms with Crippen LogP contribution in [0.25, 0.3) is 0 Å². The summed E-state index contributed by atoms with van der Waals surface area (Å²) < 4.78 is 49.5. The molecule has 0 saturated carbocycles. The van der Waals surface area contributed by atoms with Crippen LogP contribution in [0.15, 0.2) is 24.3 Å². The summed E-state index contributed by atoms with van der Waals surface area (Å²) in [5.74, 6) is -0.147. The molecule has 0 aliphatic heterocycles. The summed E-state index contributed by atoms with van der Waals surface area (Å²) in [6, 6.07) is 6.43. The van der Waals surface area contributed by atoms with Gasteiger partial charge in [-0.15, -0.1) is 0 Å². The average Bonchev–Trinajstić information content (AvgIpc) is 2.36. The van der Waals surface area contributed by atoms with E-state index in [0.717, 1.165) is 5.56 Å². The number of alkyl halides is 3. The van der Waals surface area contributed by atoms with Crippen LogP contribution in [0.2, 0.25) is 0 Å². The van der Waals surface area contributed by atoms with E-state index in [-0.39, 0.29) is 35.3 Å². The number of rotatable bonds is 8. The van der Waals surface area contributed by atoms with Gasteiger partial charge in [-0.05, 0) is 43.0 Å². The third-order valence-electron chi connectivity index (χ3n) is 3.04. The maximum Gasteiger partial charge on any atom is 0.441 e. The predicted octanol–water partition coefficient (Wildman–Crippen LogP) is 4.63. The number of halogens is 4. The summed E-state index contributed by atoms with van der Waals surface area (Å²) in [4.78, 5) is 0. The van der Waals surface area contributed by atoms with Crippen LogP contribution in [0.5, 0.6) is 0 Å². The Kier molecular flexibility index (Phi) is 7.52. The van der Waals surface area contributed by atoms with Crippen LogP contribution in [-0.2, 0) is 6.42 Å². The summed E-state index contributed by atoms with van der Waals surface area (Å²) in [5, 5.41) is 3.26. The molecule has 1 atom stereocenters. The lowest BCUT2D eigenvalue weighted by Crippen LogP contribution is -2.30. The first-order chi connectivity index (χ1) is 9.76. The second-order valence-corrected chi connectivity index (χ2v) is 6.50.